The van der Waals surface area contributed by atoms with Crippen molar-refractivity contribution in [1.29, 1.82) is 0 Å². The standard InChI is InChI=1S/C24H32N2O2/c1-23(2)25-19(15-17-11-7-5-8-12-17)21(27-23)22-20(26-24(3,4)28-22)16-18-13-9-6-10-14-18/h5-14,19-22,25-26H,15-16H2,1-4H3/t19-,20-,21+,22+/m1/s1. The van der Waals surface area contributed by atoms with Gasteiger partial charge in [0.2, 0.25) is 0 Å². The van der Waals surface area contributed by atoms with Gasteiger partial charge in [0.25, 0.3) is 0 Å². The molecule has 0 saturated carbocycles. The third-order valence-electron chi connectivity index (χ3n) is 5.64. The van der Waals surface area contributed by atoms with Gasteiger partial charge in [-0.2, -0.15) is 0 Å². The van der Waals surface area contributed by atoms with Crippen LogP contribution in [-0.4, -0.2) is 35.7 Å². The summed E-state index contributed by atoms with van der Waals surface area (Å²) >= 11 is 0. The van der Waals surface area contributed by atoms with Gasteiger partial charge in [-0.1, -0.05) is 60.7 Å². The fourth-order valence-electron chi connectivity index (χ4n) is 4.63. The van der Waals surface area contributed by atoms with E-state index in [9.17, 15) is 0 Å². The van der Waals surface area contributed by atoms with E-state index in [0.29, 0.717) is 0 Å². The van der Waals surface area contributed by atoms with E-state index >= 15 is 0 Å². The van der Waals surface area contributed by atoms with Crippen molar-refractivity contribution in [3.05, 3.63) is 71.8 Å². The van der Waals surface area contributed by atoms with Gasteiger partial charge in [0, 0.05) is 12.1 Å². The van der Waals surface area contributed by atoms with Crippen molar-refractivity contribution in [1.82, 2.24) is 10.6 Å². The number of hydrogen-bond donors (Lipinski definition) is 2. The van der Waals surface area contributed by atoms with Crippen molar-refractivity contribution in [2.24, 2.45) is 0 Å². The van der Waals surface area contributed by atoms with E-state index in [4.69, 9.17) is 9.47 Å². The van der Waals surface area contributed by atoms with E-state index < -0.39 is 0 Å². The Morgan fingerprint density at radius 2 is 1.00 bits per heavy atom. The Hall–Kier alpha value is -1.72. The van der Waals surface area contributed by atoms with Crippen molar-refractivity contribution < 1.29 is 9.47 Å². The Labute approximate surface area is 168 Å². The number of rotatable bonds is 5. The largest absolute Gasteiger partial charge is 0.354 e. The lowest BCUT2D eigenvalue weighted by atomic mass is 9.92. The topological polar surface area (TPSA) is 42.5 Å². The first kappa shape index (κ1) is 19.6. The lowest BCUT2D eigenvalue weighted by Gasteiger charge is -2.28. The number of hydrogen-bond acceptors (Lipinski definition) is 4. The van der Waals surface area contributed by atoms with Gasteiger partial charge in [-0.25, -0.2) is 0 Å². The lowest BCUT2D eigenvalue weighted by molar-refractivity contribution is -0.118. The molecule has 150 valence electrons. The molecule has 2 aliphatic heterocycles. The summed E-state index contributed by atoms with van der Waals surface area (Å²) in [5.41, 5.74) is 1.90. The maximum absolute atomic E-state index is 6.50. The summed E-state index contributed by atoms with van der Waals surface area (Å²) in [6, 6.07) is 21.7. The van der Waals surface area contributed by atoms with Crippen LogP contribution < -0.4 is 10.6 Å². The lowest BCUT2D eigenvalue weighted by Crippen LogP contribution is -2.48. The quantitative estimate of drug-likeness (QED) is 0.831. The third kappa shape index (κ3) is 4.47. The van der Waals surface area contributed by atoms with Crippen molar-refractivity contribution in [3.8, 4) is 0 Å². The molecule has 2 fully saturated rings. The molecular formula is C24H32N2O2. The molecule has 4 heteroatoms. The van der Waals surface area contributed by atoms with E-state index in [1.807, 2.05) is 0 Å². The minimum Gasteiger partial charge on any atom is -0.354 e. The molecular weight excluding hydrogens is 348 g/mol. The maximum Gasteiger partial charge on any atom is 0.114 e. The highest BCUT2D eigenvalue weighted by Gasteiger charge is 2.51. The van der Waals surface area contributed by atoms with Crippen LogP contribution in [0.5, 0.6) is 0 Å². The SMILES string of the molecule is CC1(C)N[C@H](Cc2ccccc2)[C@@H]([C@H]2OC(C)(C)N[C@@H]2Cc2ccccc2)O1. The normalized spacial score (nSPS) is 31.1. The van der Waals surface area contributed by atoms with Crippen LogP contribution in [0.15, 0.2) is 60.7 Å². The molecule has 0 bridgehead atoms. The van der Waals surface area contributed by atoms with Gasteiger partial charge >= 0.3 is 0 Å². The van der Waals surface area contributed by atoms with Gasteiger partial charge in [-0.15, -0.1) is 0 Å². The Morgan fingerprint density at radius 3 is 1.36 bits per heavy atom. The van der Waals surface area contributed by atoms with Crippen LogP contribution in [0.25, 0.3) is 0 Å². The molecule has 2 saturated heterocycles. The second-order valence-corrected chi connectivity index (χ2v) is 9.07. The van der Waals surface area contributed by atoms with E-state index in [0.717, 1.165) is 12.8 Å². The zero-order chi connectivity index (χ0) is 19.8. The molecule has 28 heavy (non-hydrogen) atoms. The van der Waals surface area contributed by atoms with Gasteiger partial charge in [0.1, 0.15) is 23.7 Å². The summed E-state index contributed by atoms with van der Waals surface area (Å²) in [6.45, 7) is 8.41. The first-order chi connectivity index (χ1) is 13.3. The molecule has 0 unspecified atom stereocenters. The Kier molecular flexibility index (Phi) is 5.32. The average molecular weight is 381 g/mol. The van der Waals surface area contributed by atoms with Gasteiger partial charge < -0.3 is 9.47 Å². The molecule has 4 nitrogen and oxygen atoms in total. The van der Waals surface area contributed by atoms with Crippen LogP contribution in [0.2, 0.25) is 0 Å². The van der Waals surface area contributed by atoms with Crippen molar-refractivity contribution in [2.75, 3.05) is 0 Å². The highest BCUT2D eigenvalue weighted by molar-refractivity contribution is 5.20. The van der Waals surface area contributed by atoms with Crippen molar-refractivity contribution >= 4 is 0 Å². The molecule has 2 aromatic rings. The number of nitrogens with one attached hydrogen (secondary N) is 2. The van der Waals surface area contributed by atoms with Crippen LogP contribution in [-0.2, 0) is 22.3 Å². The highest BCUT2D eigenvalue weighted by Crippen LogP contribution is 2.34. The molecule has 2 N–H and O–H groups in total. The predicted molar refractivity (Wildman–Crippen MR) is 112 cm³/mol. The Balaban J connectivity index is 1.57. The Morgan fingerprint density at radius 1 is 0.643 bits per heavy atom. The molecule has 2 aromatic carbocycles. The highest BCUT2D eigenvalue weighted by atomic mass is 16.6. The Bertz CT molecular complexity index is 708. The number of ether oxygens (including phenoxy) is 2. The minimum atomic E-state index is -0.364. The molecule has 0 spiro atoms. The fraction of sp³-hybridized carbons (Fsp3) is 0.500. The second kappa shape index (κ2) is 7.60. The van der Waals surface area contributed by atoms with Gasteiger partial charge in [0.05, 0.1) is 0 Å². The van der Waals surface area contributed by atoms with E-state index in [1.54, 1.807) is 0 Å². The van der Waals surface area contributed by atoms with Gasteiger partial charge in [-0.05, 0) is 51.7 Å². The maximum atomic E-state index is 6.50. The summed E-state index contributed by atoms with van der Waals surface area (Å²) in [5.74, 6) is 0. The minimum absolute atomic E-state index is 0.0156. The summed E-state index contributed by atoms with van der Waals surface area (Å²) in [6.07, 6.45) is 1.82. The molecule has 0 aliphatic carbocycles. The average Bonchev–Trinajstić information content (AvgIpc) is 3.11. The summed E-state index contributed by atoms with van der Waals surface area (Å²) in [5, 5.41) is 7.37. The molecule has 0 aromatic heterocycles. The first-order valence-electron chi connectivity index (χ1n) is 10.3. The van der Waals surface area contributed by atoms with E-state index in [2.05, 4.69) is 99.0 Å². The molecule has 4 rings (SSSR count). The molecule has 2 heterocycles. The zero-order valence-electron chi connectivity index (χ0n) is 17.3. The summed E-state index contributed by atoms with van der Waals surface area (Å²) in [4.78, 5) is 0. The zero-order valence-corrected chi connectivity index (χ0v) is 17.3. The fourth-order valence-corrected chi connectivity index (χ4v) is 4.63. The van der Waals surface area contributed by atoms with Crippen LogP contribution in [0.3, 0.4) is 0 Å². The van der Waals surface area contributed by atoms with Gasteiger partial charge in [-0.3, -0.25) is 10.6 Å². The first-order valence-corrected chi connectivity index (χ1v) is 10.3. The van der Waals surface area contributed by atoms with Crippen molar-refractivity contribution in [2.45, 2.75) is 76.3 Å². The van der Waals surface area contributed by atoms with Crippen molar-refractivity contribution in [3.63, 3.8) is 0 Å². The van der Waals surface area contributed by atoms with Crippen LogP contribution in [0, 0.1) is 0 Å². The van der Waals surface area contributed by atoms with Crippen LogP contribution in [0.1, 0.15) is 38.8 Å². The summed E-state index contributed by atoms with van der Waals surface area (Å²) < 4.78 is 13.0. The second-order valence-electron chi connectivity index (χ2n) is 9.07. The monoisotopic (exact) mass is 380 g/mol. The number of benzene rings is 2. The molecule has 0 amide bonds. The third-order valence-corrected chi connectivity index (χ3v) is 5.64. The van der Waals surface area contributed by atoms with E-state index in [1.165, 1.54) is 11.1 Å². The summed E-state index contributed by atoms with van der Waals surface area (Å²) in [7, 11) is 0. The predicted octanol–water partition coefficient (Wildman–Crippen LogP) is 3.66. The molecule has 4 atom stereocenters. The van der Waals surface area contributed by atoms with E-state index in [-0.39, 0.29) is 35.7 Å². The molecule has 2 aliphatic rings. The van der Waals surface area contributed by atoms with Crippen LogP contribution in [0.4, 0.5) is 0 Å². The van der Waals surface area contributed by atoms with Gasteiger partial charge in [0.15, 0.2) is 0 Å². The smallest absolute Gasteiger partial charge is 0.114 e. The molecule has 0 radical (unpaired) electrons. The van der Waals surface area contributed by atoms with Crippen LogP contribution >= 0.6 is 0 Å².